The Balaban J connectivity index is 1.69. The Morgan fingerprint density at radius 3 is 2.90 bits per heavy atom. The van der Waals surface area contributed by atoms with Crippen molar-refractivity contribution in [3.05, 3.63) is 54.6 Å². The number of anilines is 5. The molecule has 2 aromatic heterocycles. The maximum atomic E-state index is 14.7. The zero-order chi connectivity index (χ0) is 22.0. The smallest absolute Gasteiger partial charge is 0.308 e. The number of rotatable bonds is 6. The average molecular weight is 421 g/mol. The molecule has 4 N–H and O–H groups in total. The quantitative estimate of drug-likeness (QED) is 0.243. The summed E-state index contributed by atoms with van der Waals surface area (Å²) in [6, 6.07) is 10.4. The minimum Gasteiger partial charge on any atom is -0.424 e. The van der Waals surface area contributed by atoms with Crippen LogP contribution in [0.1, 0.15) is 13.8 Å². The van der Waals surface area contributed by atoms with E-state index in [1.165, 1.54) is 6.92 Å². The van der Waals surface area contributed by atoms with Gasteiger partial charge in [-0.1, -0.05) is 6.07 Å². The molecule has 0 aliphatic rings. The van der Waals surface area contributed by atoms with Crippen LogP contribution in [0, 0.1) is 5.82 Å². The molecule has 2 heterocycles. The van der Waals surface area contributed by atoms with Gasteiger partial charge in [0.2, 0.25) is 5.95 Å². The second-order valence-electron chi connectivity index (χ2n) is 6.69. The van der Waals surface area contributed by atoms with E-state index in [0.717, 1.165) is 22.8 Å². The lowest BCUT2D eigenvalue weighted by atomic mass is 10.2. The van der Waals surface area contributed by atoms with E-state index in [0.29, 0.717) is 17.9 Å². The first kappa shape index (κ1) is 20.1. The number of H-pyrrole nitrogens is 1. The number of carbonyl (C=O) groups excluding carboxylic acids is 1. The van der Waals surface area contributed by atoms with Crippen molar-refractivity contribution in [3.8, 4) is 5.75 Å². The van der Waals surface area contributed by atoms with Gasteiger partial charge in [-0.25, -0.2) is 9.37 Å². The van der Waals surface area contributed by atoms with Crippen LogP contribution < -0.4 is 20.7 Å². The SMILES string of the molecule is CCN(c1nc(Nc2ccc(N)c(OC(C)=O)c2)ncc1F)c1cccc2[nH]ncc12. The normalized spacial score (nSPS) is 10.8. The molecule has 4 rings (SSSR count). The number of aromatic nitrogens is 4. The monoisotopic (exact) mass is 421 g/mol. The van der Waals surface area contributed by atoms with E-state index in [2.05, 4.69) is 25.5 Å². The Morgan fingerprint density at radius 2 is 2.13 bits per heavy atom. The lowest BCUT2D eigenvalue weighted by Crippen LogP contribution is -2.20. The molecule has 10 heteroatoms. The minimum atomic E-state index is -0.564. The number of fused-ring (bicyclic) bond motifs is 1. The molecule has 158 valence electrons. The van der Waals surface area contributed by atoms with Gasteiger partial charge in [-0.2, -0.15) is 10.1 Å². The van der Waals surface area contributed by atoms with Crippen molar-refractivity contribution < 1.29 is 13.9 Å². The number of esters is 1. The number of hydrogen-bond acceptors (Lipinski definition) is 8. The highest BCUT2D eigenvalue weighted by atomic mass is 19.1. The molecule has 0 aliphatic carbocycles. The molecule has 0 aliphatic heterocycles. The molecule has 0 fully saturated rings. The van der Waals surface area contributed by atoms with Gasteiger partial charge in [0.05, 0.1) is 29.3 Å². The van der Waals surface area contributed by atoms with E-state index in [1.54, 1.807) is 29.3 Å². The van der Waals surface area contributed by atoms with Crippen molar-refractivity contribution in [1.82, 2.24) is 20.2 Å². The van der Waals surface area contributed by atoms with Crippen molar-refractivity contribution in [2.45, 2.75) is 13.8 Å². The molecule has 0 amide bonds. The maximum absolute atomic E-state index is 14.7. The van der Waals surface area contributed by atoms with Gasteiger partial charge < -0.3 is 20.7 Å². The summed E-state index contributed by atoms with van der Waals surface area (Å²) in [4.78, 5) is 21.4. The molecular weight excluding hydrogens is 401 g/mol. The van der Waals surface area contributed by atoms with Gasteiger partial charge in [0.15, 0.2) is 17.4 Å². The minimum absolute atomic E-state index is 0.115. The number of aromatic amines is 1. The highest BCUT2D eigenvalue weighted by Gasteiger charge is 2.18. The fourth-order valence-electron chi connectivity index (χ4n) is 3.21. The molecule has 0 saturated heterocycles. The summed E-state index contributed by atoms with van der Waals surface area (Å²) >= 11 is 0. The predicted molar refractivity (Wildman–Crippen MR) is 116 cm³/mol. The van der Waals surface area contributed by atoms with Crippen molar-refractivity contribution in [3.63, 3.8) is 0 Å². The average Bonchev–Trinajstić information content (AvgIpc) is 3.22. The zero-order valence-corrected chi connectivity index (χ0v) is 16.9. The van der Waals surface area contributed by atoms with Crippen LogP contribution in [-0.4, -0.2) is 32.7 Å². The molecule has 4 aromatic rings. The van der Waals surface area contributed by atoms with Gasteiger partial charge in [0.1, 0.15) is 0 Å². The number of ether oxygens (including phenoxy) is 1. The van der Waals surface area contributed by atoms with Gasteiger partial charge in [-0.3, -0.25) is 9.89 Å². The summed E-state index contributed by atoms with van der Waals surface area (Å²) in [7, 11) is 0. The first-order valence-electron chi connectivity index (χ1n) is 9.53. The van der Waals surface area contributed by atoms with E-state index < -0.39 is 11.8 Å². The number of hydrogen-bond donors (Lipinski definition) is 3. The molecule has 31 heavy (non-hydrogen) atoms. The molecule has 0 saturated carbocycles. The number of halogens is 1. The van der Waals surface area contributed by atoms with E-state index in [-0.39, 0.29) is 17.5 Å². The molecule has 0 bridgehead atoms. The summed E-state index contributed by atoms with van der Waals surface area (Å²) in [5, 5.41) is 10.8. The van der Waals surface area contributed by atoms with Crippen molar-refractivity contribution in [2.24, 2.45) is 0 Å². The number of nitrogens with two attached hydrogens (primary N) is 1. The van der Waals surface area contributed by atoms with Gasteiger partial charge in [-0.05, 0) is 31.2 Å². The fraction of sp³-hybridized carbons (Fsp3) is 0.143. The third-order valence-corrected chi connectivity index (χ3v) is 4.57. The van der Waals surface area contributed by atoms with Crippen LogP contribution >= 0.6 is 0 Å². The van der Waals surface area contributed by atoms with Crippen LogP contribution in [0.25, 0.3) is 10.9 Å². The summed E-state index contributed by atoms with van der Waals surface area (Å²) < 4.78 is 19.8. The zero-order valence-electron chi connectivity index (χ0n) is 16.9. The summed E-state index contributed by atoms with van der Waals surface area (Å²) in [5.41, 5.74) is 8.28. The van der Waals surface area contributed by atoms with Crippen LogP contribution in [0.15, 0.2) is 48.8 Å². The van der Waals surface area contributed by atoms with Crippen molar-refractivity contribution in [2.75, 3.05) is 22.5 Å². The molecule has 2 aromatic carbocycles. The van der Waals surface area contributed by atoms with Crippen LogP contribution in [-0.2, 0) is 4.79 Å². The molecule has 0 radical (unpaired) electrons. The predicted octanol–water partition coefficient (Wildman–Crippen LogP) is 3.90. The van der Waals surface area contributed by atoms with Crippen molar-refractivity contribution >= 4 is 45.7 Å². The highest BCUT2D eigenvalue weighted by molar-refractivity contribution is 5.93. The van der Waals surface area contributed by atoms with Gasteiger partial charge in [-0.15, -0.1) is 0 Å². The number of benzene rings is 2. The summed E-state index contributed by atoms with van der Waals surface area (Å²) in [6.45, 7) is 3.66. The summed E-state index contributed by atoms with van der Waals surface area (Å²) in [6.07, 6.45) is 2.80. The van der Waals surface area contributed by atoms with E-state index >= 15 is 0 Å². The standard InChI is InChI=1S/C21H20FN7O2/c1-3-29(18-6-4-5-17-14(18)10-25-28-17)20-15(22)11-24-21(27-20)26-13-7-8-16(23)19(9-13)31-12(2)30/h4-11H,3,23H2,1-2H3,(H,25,28)(H,24,26,27). The van der Waals surface area contributed by atoms with Crippen LogP contribution in [0.5, 0.6) is 5.75 Å². The number of nitrogen functional groups attached to an aromatic ring is 1. The molecule has 9 nitrogen and oxygen atoms in total. The second-order valence-corrected chi connectivity index (χ2v) is 6.69. The third-order valence-electron chi connectivity index (χ3n) is 4.57. The van der Waals surface area contributed by atoms with Crippen LogP contribution in [0.2, 0.25) is 0 Å². The summed E-state index contributed by atoms with van der Waals surface area (Å²) in [5.74, 6) is -0.555. The largest absolute Gasteiger partial charge is 0.424 e. The van der Waals surface area contributed by atoms with Crippen molar-refractivity contribution in [1.29, 1.82) is 0 Å². The Labute approximate surface area is 177 Å². The lowest BCUT2D eigenvalue weighted by molar-refractivity contribution is -0.131. The highest BCUT2D eigenvalue weighted by Crippen LogP contribution is 2.33. The van der Waals surface area contributed by atoms with Crippen LogP contribution in [0.3, 0.4) is 0 Å². The lowest BCUT2D eigenvalue weighted by Gasteiger charge is -2.23. The van der Waals surface area contributed by atoms with E-state index in [4.69, 9.17) is 10.5 Å². The number of nitrogens with zero attached hydrogens (tertiary/aromatic N) is 4. The topological polar surface area (TPSA) is 122 Å². The molecule has 0 unspecified atom stereocenters. The Hall–Kier alpha value is -4.21. The molecular formula is C21H20FN7O2. The van der Waals surface area contributed by atoms with E-state index in [1.807, 2.05) is 25.1 Å². The number of carbonyl (C=O) groups is 1. The number of nitrogens with one attached hydrogen (secondary N) is 2. The molecule has 0 atom stereocenters. The van der Waals surface area contributed by atoms with Gasteiger partial charge >= 0.3 is 5.97 Å². The Kier molecular flexibility index (Phi) is 5.35. The first-order chi connectivity index (χ1) is 15.0. The van der Waals surface area contributed by atoms with Crippen LogP contribution in [0.4, 0.5) is 33.2 Å². The van der Waals surface area contributed by atoms with Gasteiger partial charge in [0, 0.05) is 30.6 Å². The second kappa shape index (κ2) is 8.27. The fourth-order valence-corrected chi connectivity index (χ4v) is 3.21. The third kappa shape index (κ3) is 4.08. The Bertz CT molecular complexity index is 1260. The van der Waals surface area contributed by atoms with Gasteiger partial charge in [0.25, 0.3) is 0 Å². The van der Waals surface area contributed by atoms with E-state index in [9.17, 15) is 9.18 Å². The first-order valence-corrected chi connectivity index (χ1v) is 9.53. The maximum Gasteiger partial charge on any atom is 0.308 e. The molecule has 0 spiro atoms. The Morgan fingerprint density at radius 1 is 1.29 bits per heavy atom.